The van der Waals surface area contributed by atoms with Gasteiger partial charge in [0.2, 0.25) is 0 Å². The fourth-order valence-electron chi connectivity index (χ4n) is 3.31. The third-order valence-electron chi connectivity index (χ3n) is 4.47. The number of nitrogens with two attached hydrogens (primary N) is 1. The summed E-state index contributed by atoms with van der Waals surface area (Å²) in [6.07, 6.45) is 1.92. The predicted molar refractivity (Wildman–Crippen MR) is 90.8 cm³/mol. The number of non-ortho nitro benzene ring substituents is 1. The molecule has 6 heteroatoms. The standard InChI is InChI=1S/C18H15N3O3/c1-10-16(11-4-2-5-12(8-11)21(22)23)13-9-20-14-6-3-7-15(17(13)14)24-18(10)19/h2-9,16,20H,19H2,1H3. The van der Waals surface area contributed by atoms with Gasteiger partial charge in [-0.05, 0) is 35.8 Å². The van der Waals surface area contributed by atoms with Crippen LogP contribution in [-0.4, -0.2) is 9.91 Å². The van der Waals surface area contributed by atoms with E-state index < -0.39 is 0 Å². The first-order chi connectivity index (χ1) is 11.6. The van der Waals surface area contributed by atoms with Crippen LogP contribution in [-0.2, 0) is 0 Å². The maximum Gasteiger partial charge on any atom is 0.269 e. The highest BCUT2D eigenvalue weighted by Crippen LogP contribution is 2.43. The number of nitrogens with one attached hydrogen (secondary N) is 1. The van der Waals surface area contributed by atoms with Gasteiger partial charge >= 0.3 is 0 Å². The van der Waals surface area contributed by atoms with Crippen LogP contribution in [0.25, 0.3) is 10.9 Å². The van der Waals surface area contributed by atoms with Crippen LogP contribution in [0.15, 0.2) is 60.1 Å². The SMILES string of the molecule is CC1=C(N)Oc2cccc3[nH]cc(c23)C1c1cccc([N+](=O)[O-])c1. The van der Waals surface area contributed by atoms with Gasteiger partial charge in [0.25, 0.3) is 5.69 Å². The van der Waals surface area contributed by atoms with E-state index in [-0.39, 0.29) is 16.5 Å². The molecule has 2 aromatic carbocycles. The molecule has 24 heavy (non-hydrogen) atoms. The molecule has 3 aromatic rings. The molecule has 0 amide bonds. The minimum absolute atomic E-state index is 0.0594. The average molecular weight is 321 g/mol. The van der Waals surface area contributed by atoms with Crippen molar-refractivity contribution in [3.63, 3.8) is 0 Å². The molecule has 3 N–H and O–H groups in total. The van der Waals surface area contributed by atoms with E-state index in [4.69, 9.17) is 10.5 Å². The van der Waals surface area contributed by atoms with Gasteiger partial charge in [-0.25, -0.2) is 0 Å². The number of hydrogen-bond acceptors (Lipinski definition) is 4. The quantitative estimate of drug-likeness (QED) is 0.554. The van der Waals surface area contributed by atoms with Gasteiger partial charge in [0.1, 0.15) is 5.75 Å². The molecule has 0 aliphatic carbocycles. The maximum absolute atomic E-state index is 11.1. The van der Waals surface area contributed by atoms with Gasteiger partial charge < -0.3 is 15.5 Å². The fourth-order valence-corrected chi connectivity index (χ4v) is 3.31. The molecule has 4 rings (SSSR count). The minimum Gasteiger partial charge on any atom is -0.441 e. The second kappa shape index (κ2) is 5.13. The maximum atomic E-state index is 11.1. The van der Waals surface area contributed by atoms with E-state index >= 15 is 0 Å². The van der Waals surface area contributed by atoms with Crippen molar-refractivity contribution in [1.82, 2.24) is 4.98 Å². The van der Waals surface area contributed by atoms with E-state index in [1.807, 2.05) is 37.4 Å². The van der Waals surface area contributed by atoms with Crippen LogP contribution in [0.4, 0.5) is 5.69 Å². The second-order valence-electron chi connectivity index (χ2n) is 5.86. The number of H-pyrrole nitrogens is 1. The van der Waals surface area contributed by atoms with Crippen molar-refractivity contribution in [1.29, 1.82) is 0 Å². The van der Waals surface area contributed by atoms with Gasteiger partial charge in [-0.15, -0.1) is 0 Å². The van der Waals surface area contributed by atoms with E-state index in [0.717, 1.165) is 27.6 Å². The zero-order valence-corrected chi connectivity index (χ0v) is 12.9. The lowest BCUT2D eigenvalue weighted by atomic mass is 9.85. The Labute approximate surface area is 137 Å². The van der Waals surface area contributed by atoms with Crippen LogP contribution in [0, 0.1) is 10.1 Å². The second-order valence-corrected chi connectivity index (χ2v) is 5.86. The molecule has 1 unspecified atom stereocenters. The molecular weight excluding hydrogens is 306 g/mol. The largest absolute Gasteiger partial charge is 0.441 e. The number of rotatable bonds is 2. The molecule has 0 bridgehead atoms. The van der Waals surface area contributed by atoms with Crippen molar-refractivity contribution in [3.8, 4) is 5.75 Å². The van der Waals surface area contributed by atoms with Crippen LogP contribution in [0.1, 0.15) is 24.0 Å². The van der Waals surface area contributed by atoms with E-state index in [2.05, 4.69) is 4.98 Å². The lowest BCUT2D eigenvalue weighted by Crippen LogP contribution is -2.12. The Hall–Kier alpha value is -3.28. The molecule has 0 fully saturated rings. The van der Waals surface area contributed by atoms with Gasteiger partial charge in [-0.2, -0.15) is 0 Å². The Morgan fingerprint density at radius 3 is 2.83 bits per heavy atom. The summed E-state index contributed by atoms with van der Waals surface area (Å²) in [7, 11) is 0. The van der Waals surface area contributed by atoms with Crippen molar-refractivity contribution >= 4 is 16.6 Å². The average Bonchev–Trinajstić information content (AvgIpc) is 2.95. The molecule has 0 saturated heterocycles. The highest BCUT2D eigenvalue weighted by atomic mass is 16.6. The first kappa shape index (κ1) is 14.3. The zero-order valence-electron chi connectivity index (χ0n) is 12.9. The number of nitro benzene ring substituents is 1. The zero-order chi connectivity index (χ0) is 16.8. The Kier molecular flexibility index (Phi) is 3.06. The number of hydrogen-bond donors (Lipinski definition) is 2. The normalized spacial score (nSPS) is 16.8. The van der Waals surface area contributed by atoms with Crippen LogP contribution in [0.5, 0.6) is 5.75 Å². The monoisotopic (exact) mass is 321 g/mol. The Balaban J connectivity index is 2.00. The number of aromatic nitrogens is 1. The molecule has 0 saturated carbocycles. The smallest absolute Gasteiger partial charge is 0.269 e. The molecule has 2 heterocycles. The van der Waals surface area contributed by atoms with Crippen molar-refractivity contribution in [2.24, 2.45) is 5.73 Å². The van der Waals surface area contributed by atoms with Crippen LogP contribution >= 0.6 is 0 Å². The number of benzene rings is 2. The number of ether oxygens (including phenoxy) is 1. The Bertz CT molecular complexity index is 1000. The summed E-state index contributed by atoms with van der Waals surface area (Å²) in [5.74, 6) is 0.811. The molecular formula is C18H15N3O3. The minimum atomic E-state index is -0.389. The van der Waals surface area contributed by atoms with Crippen LogP contribution < -0.4 is 10.5 Å². The number of aromatic amines is 1. The molecule has 6 nitrogen and oxygen atoms in total. The predicted octanol–water partition coefficient (Wildman–Crippen LogP) is 3.79. The van der Waals surface area contributed by atoms with Crippen molar-refractivity contribution in [2.45, 2.75) is 12.8 Å². The third kappa shape index (κ3) is 2.04. The van der Waals surface area contributed by atoms with E-state index in [1.54, 1.807) is 12.1 Å². The summed E-state index contributed by atoms with van der Waals surface area (Å²) in [5.41, 5.74) is 9.77. The lowest BCUT2D eigenvalue weighted by molar-refractivity contribution is -0.384. The highest BCUT2D eigenvalue weighted by molar-refractivity contribution is 5.91. The summed E-state index contributed by atoms with van der Waals surface area (Å²) in [5, 5.41) is 12.1. The lowest BCUT2D eigenvalue weighted by Gasteiger charge is -2.17. The summed E-state index contributed by atoms with van der Waals surface area (Å²) in [4.78, 5) is 14.0. The van der Waals surface area contributed by atoms with Gasteiger partial charge in [0, 0.05) is 35.2 Å². The Morgan fingerprint density at radius 2 is 2.04 bits per heavy atom. The van der Waals surface area contributed by atoms with Crippen LogP contribution in [0.2, 0.25) is 0 Å². The summed E-state index contributed by atoms with van der Waals surface area (Å²) in [6, 6.07) is 12.4. The first-order valence-electron chi connectivity index (χ1n) is 7.54. The third-order valence-corrected chi connectivity index (χ3v) is 4.47. The molecule has 0 spiro atoms. The van der Waals surface area contributed by atoms with Crippen molar-refractivity contribution in [2.75, 3.05) is 0 Å². The fraction of sp³-hybridized carbons (Fsp3) is 0.111. The molecule has 0 radical (unpaired) electrons. The number of nitro groups is 1. The summed E-state index contributed by atoms with van der Waals surface area (Å²) in [6.45, 7) is 1.89. The number of nitrogens with zero attached hydrogens (tertiary/aromatic N) is 1. The molecule has 1 aliphatic heterocycles. The van der Waals surface area contributed by atoms with Crippen LogP contribution in [0.3, 0.4) is 0 Å². The first-order valence-corrected chi connectivity index (χ1v) is 7.54. The molecule has 1 aliphatic rings. The summed E-state index contributed by atoms with van der Waals surface area (Å²) < 4.78 is 5.83. The number of allylic oxidation sites excluding steroid dienone is 1. The van der Waals surface area contributed by atoms with Gasteiger partial charge in [0.15, 0.2) is 5.88 Å². The van der Waals surface area contributed by atoms with E-state index in [9.17, 15) is 10.1 Å². The van der Waals surface area contributed by atoms with E-state index in [1.165, 1.54) is 6.07 Å². The molecule has 1 aromatic heterocycles. The van der Waals surface area contributed by atoms with Crippen molar-refractivity contribution < 1.29 is 9.66 Å². The van der Waals surface area contributed by atoms with Gasteiger partial charge in [-0.3, -0.25) is 10.1 Å². The molecule has 120 valence electrons. The van der Waals surface area contributed by atoms with Gasteiger partial charge in [-0.1, -0.05) is 18.2 Å². The summed E-state index contributed by atoms with van der Waals surface area (Å²) >= 11 is 0. The Morgan fingerprint density at radius 1 is 1.25 bits per heavy atom. The highest BCUT2D eigenvalue weighted by Gasteiger charge is 2.28. The van der Waals surface area contributed by atoms with E-state index in [0.29, 0.717) is 11.6 Å². The van der Waals surface area contributed by atoms with Gasteiger partial charge in [0.05, 0.1) is 4.92 Å². The molecule has 1 atom stereocenters. The topological polar surface area (TPSA) is 94.2 Å². The van der Waals surface area contributed by atoms with Crippen molar-refractivity contribution in [3.05, 3.63) is 81.4 Å².